The summed E-state index contributed by atoms with van der Waals surface area (Å²) in [4.78, 5) is 94.8. The second kappa shape index (κ2) is 15.2. The molecule has 16 heteroatoms. The lowest BCUT2D eigenvalue weighted by atomic mass is 9.85. The fourth-order valence-corrected chi connectivity index (χ4v) is 6.36. The number of benzene rings is 1. The van der Waals surface area contributed by atoms with Crippen LogP contribution in [0.15, 0.2) is 30.3 Å². The third-order valence-electron chi connectivity index (χ3n) is 9.32. The Bertz CT molecular complexity index is 1570. The number of piperidine rings is 1. The maximum atomic E-state index is 14.8. The number of nitrogens with one attached hydrogen (secondary N) is 4. The average Bonchev–Trinajstić information content (AvgIpc) is 3.90. The molecular formula is C36H50F2N6O8. The summed E-state index contributed by atoms with van der Waals surface area (Å²) in [6.45, 7) is 8.80. The molecule has 14 nitrogen and oxygen atoms in total. The van der Waals surface area contributed by atoms with E-state index in [-0.39, 0.29) is 12.3 Å². The van der Waals surface area contributed by atoms with Gasteiger partial charge in [0.2, 0.25) is 29.4 Å². The van der Waals surface area contributed by atoms with Gasteiger partial charge in [-0.05, 0) is 44.1 Å². The molecule has 1 saturated heterocycles. The monoisotopic (exact) mass is 732 g/mol. The molecule has 0 aromatic heterocycles. The molecule has 3 fully saturated rings. The minimum absolute atomic E-state index is 0.00578. The molecule has 1 aliphatic heterocycles. The molecule has 2 saturated carbocycles. The van der Waals surface area contributed by atoms with Crippen LogP contribution in [0, 0.1) is 23.2 Å². The number of likely N-dealkylation sites (N-methyl/N-ethyl adjacent to an activating group) is 1. The second-order valence-electron chi connectivity index (χ2n) is 16.1. The van der Waals surface area contributed by atoms with Crippen molar-refractivity contribution >= 4 is 41.4 Å². The van der Waals surface area contributed by atoms with E-state index in [2.05, 4.69) is 21.3 Å². The van der Waals surface area contributed by atoms with E-state index in [9.17, 15) is 42.3 Å². The Labute approximate surface area is 302 Å². The van der Waals surface area contributed by atoms with Crippen molar-refractivity contribution < 1.29 is 47.1 Å². The van der Waals surface area contributed by atoms with Crippen molar-refractivity contribution in [2.75, 3.05) is 27.2 Å². The van der Waals surface area contributed by atoms with Crippen molar-refractivity contribution in [2.24, 2.45) is 23.2 Å². The predicted octanol–water partition coefficient (Wildman–Crippen LogP) is 1.93. The van der Waals surface area contributed by atoms with Gasteiger partial charge in [0, 0.05) is 20.6 Å². The lowest BCUT2D eigenvalue weighted by Gasteiger charge is -2.37. The molecule has 3 aliphatic rings. The van der Waals surface area contributed by atoms with Gasteiger partial charge in [0.05, 0.1) is 24.4 Å². The van der Waals surface area contributed by atoms with Crippen molar-refractivity contribution in [1.82, 2.24) is 31.1 Å². The molecule has 0 spiro atoms. The molecule has 4 rings (SSSR count). The first kappa shape index (κ1) is 40.1. The molecule has 0 radical (unpaired) electrons. The van der Waals surface area contributed by atoms with Crippen molar-refractivity contribution in [2.45, 2.75) is 96.5 Å². The summed E-state index contributed by atoms with van der Waals surface area (Å²) in [5, 5.41) is 9.79. The summed E-state index contributed by atoms with van der Waals surface area (Å²) in [5.74, 6) is -11.3. The zero-order valence-corrected chi connectivity index (χ0v) is 30.9. The van der Waals surface area contributed by atoms with Crippen LogP contribution in [0.25, 0.3) is 0 Å². The van der Waals surface area contributed by atoms with Gasteiger partial charge in [0.25, 0.3) is 11.8 Å². The standard InChI is InChI=1S/C36H50F2N6O8/c1-34(2,3)28(42-33(51)52-35(4,5)6)32(50)44-18-21-24(36(21,37)38)26(44)29(47)40-22(16-19-14-15-19)27(46)30(48)39-17-23(45)41-25(31(49)43(7)8)20-12-10-9-11-13-20/h9-13,19,21-22,24-26,28H,14-18H2,1-8H3,(H,39,48)(H,40,47)(H,41,45)(H,42,51)/t21-,22?,24?,25?,26-,28+/m0/s1. The lowest BCUT2D eigenvalue weighted by molar-refractivity contribution is -0.147. The topological polar surface area (TPSA) is 183 Å². The first-order valence-corrected chi connectivity index (χ1v) is 17.4. The normalized spacial score (nSPS) is 22.1. The summed E-state index contributed by atoms with van der Waals surface area (Å²) in [7, 11) is 3.04. The van der Waals surface area contributed by atoms with E-state index < -0.39 is 107 Å². The van der Waals surface area contributed by atoms with Crippen LogP contribution in [0.5, 0.6) is 0 Å². The minimum Gasteiger partial charge on any atom is -0.444 e. The highest BCUT2D eigenvalue weighted by molar-refractivity contribution is 6.38. The number of halogens is 2. The number of hydrogen-bond donors (Lipinski definition) is 4. The van der Waals surface area contributed by atoms with Crippen LogP contribution < -0.4 is 21.3 Å². The number of carbonyl (C=O) groups is 7. The van der Waals surface area contributed by atoms with Crippen molar-refractivity contribution in [1.29, 1.82) is 0 Å². The van der Waals surface area contributed by atoms with Crippen LogP contribution >= 0.6 is 0 Å². The van der Waals surface area contributed by atoms with Gasteiger partial charge in [-0.1, -0.05) is 63.9 Å². The maximum absolute atomic E-state index is 14.8. The summed E-state index contributed by atoms with van der Waals surface area (Å²) in [6, 6.07) is 3.04. The predicted molar refractivity (Wildman–Crippen MR) is 183 cm³/mol. The van der Waals surface area contributed by atoms with Gasteiger partial charge in [-0.15, -0.1) is 0 Å². The molecule has 1 aromatic carbocycles. The molecule has 6 amide bonds. The van der Waals surface area contributed by atoms with E-state index in [1.807, 2.05) is 0 Å². The average molecular weight is 733 g/mol. The molecule has 1 aromatic rings. The molecule has 286 valence electrons. The first-order valence-electron chi connectivity index (χ1n) is 17.4. The highest BCUT2D eigenvalue weighted by Gasteiger charge is 2.78. The molecule has 4 N–H and O–H groups in total. The number of carbonyl (C=O) groups excluding carboxylic acids is 7. The Balaban J connectivity index is 1.46. The highest BCUT2D eigenvalue weighted by atomic mass is 19.3. The number of hydrogen-bond acceptors (Lipinski definition) is 8. The van der Waals surface area contributed by atoms with E-state index in [0.717, 1.165) is 17.7 Å². The molecule has 52 heavy (non-hydrogen) atoms. The van der Waals surface area contributed by atoms with Gasteiger partial charge in [-0.25, -0.2) is 13.6 Å². The van der Waals surface area contributed by atoms with Gasteiger partial charge in [0.15, 0.2) is 0 Å². The van der Waals surface area contributed by atoms with E-state index in [4.69, 9.17) is 4.74 Å². The van der Waals surface area contributed by atoms with E-state index in [1.165, 1.54) is 19.0 Å². The van der Waals surface area contributed by atoms with Gasteiger partial charge in [-0.2, -0.15) is 0 Å². The van der Waals surface area contributed by atoms with Gasteiger partial charge >= 0.3 is 6.09 Å². The smallest absolute Gasteiger partial charge is 0.408 e. The molecule has 3 unspecified atom stereocenters. The maximum Gasteiger partial charge on any atom is 0.408 e. The van der Waals surface area contributed by atoms with Crippen LogP contribution in [0.1, 0.15) is 72.4 Å². The van der Waals surface area contributed by atoms with Crippen molar-refractivity contribution in [3.05, 3.63) is 35.9 Å². The number of likely N-dealkylation sites (tertiary alicyclic amines) is 1. The third-order valence-corrected chi connectivity index (χ3v) is 9.32. The van der Waals surface area contributed by atoms with Crippen molar-refractivity contribution in [3.8, 4) is 0 Å². The largest absolute Gasteiger partial charge is 0.444 e. The van der Waals surface area contributed by atoms with Crippen LogP contribution in [-0.2, 0) is 33.5 Å². The van der Waals surface area contributed by atoms with Gasteiger partial charge in [0.1, 0.15) is 23.7 Å². The van der Waals surface area contributed by atoms with Crippen LogP contribution in [0.2, 0.25) is 0 Å². The number of alkyl carbamates (subject to hydrolysis) is 1. The summed E-state index contributed by atoms with van der Waals surface area (Å²) in [6.07, 6.45) is 0.606. The molecular weight excluding hydrogens is 682 g/mol. The number of fused-ring (bicyclic) bond motifs is 1. The van der Waals surface area contributed by atoms with Gasteiger partial charge < -0.3 is 35.8 Å². The van der Waals surface area contributed by atoms with Gasteiger partial charge in [-0.3, -0.25) is 28.8 Å². The Morgan fingerprint density at radius 2 is 1.56 bits per heavy atom. The second-order valence-corrected chi connectivity index (χ2v) is 16.1. The third kappa shape index (κ3) is 9.62. The number of nitrogens with zero attached hydrogens (tertiary/aromatic N) is 2. The zero-order valence-electron chi connectivity index (χ0n) is 30.9. The fourth-order valence-electron chi connectivity index (χ4n) is 6.36. The zero-order chi connectivity index (χ0) is 38.9. The lowest BCUT2D eigenvalue weighted by Crippen LogP contribution is -2.61. The SMILES string of the molecule is CN(C)C(=O)C(NC(=O)CNC(=O)C(=O)C(CC1CC1)NC(=O)[C@@H]1C2[C@H](CN1C(=O)[C@@H](NC(=O)OC(C)(C)C)C(C)(C)C)C2(F)F)c1ccccc1. The highest BCUT2D eigenvalue weighted by Crippen LogP contribution is 2.62. The Kier molecular flexibility index (Phi) is 11.7. The van der Waals surface area contributed by atoms with Crippen LogP contribution in [0.4, 0.5) is 13.6 Å². The number of Topliss-reactive ketones (excluding diaryl/α,β-unsaturated/α-hetero) is 1. The van der Waals surface area contributed by atoms with E-state index in [0.29, 0.717) is 5.56 Å². The number of ketones is 1. The minimum atomic E-state index is -3.24. The van der Waals surface area contributed by atoms with Crippen molar-refractivity contribution in [3.63, 3.8) is 0 Å². The summed E-state index contributed by atoms with van der Waals surface area (Å²) >= 11 is 0. The van der Waals surface area contributed by atoms with E-state index in [1.54, 1.807) is 71.9 Å². The Morgan fingerprint density at radius 1 is 0.942 bits per heavy atom. The van der Waals surface area contributed by atoms with Crippen LogP contribution in [-0.4, -0.2) is 108 Å². The summed E-state index contributed by atoms with van der Waals surface area (Å²) in [5.41, 5.74) is -1.30. The Hall–Kier alpha value is -4.63. The fraction of sp³-hybridized carbons (Fsp3) is 0.639. The van der Waals surface area contributed by atoms with Crippen LogP contribution in [0.3, 0.4) is 0 Å². The molecule has 2 aliphatic carbocycles. The molecule has 6 atom stereocenters. The Morgan fingerprint density at radius 3 is 2.10 bits per heavy atom. The number of alkyl halides is 2. The number of ether oxygens (including phenoxy) is 1. The van der Waals surface area contributed by atoms with E-state index >= 15 is 0 Å². The molecule has 0 bridgehead atoms. The first-order chi connectivity index (χ1) is 24.0. The number of rotatable bonds is 13. The number of amides is 6. The molecule has 1 heterocycles. The quantitative estimate of drug-likeness (QED) is 0.222. The summed E-state index contributed by atoms with van der Waals surface area (Å²) < 4.78 is 35.0.